The number of halogens is 1. The highest BCUT2D eigenvalue weighted by atomic mass is 127. The summed E-state index contributed by atoms with van der Waals surface area (Å²) in [7, 11) is 0. The molecule has 2 heterocycles. The Morgan fingerprint density at radius 3 is 2.74 bits per heavy atom. The normalized spacial score (nSPS) is 11.3. The van der Waals surface area contributed by atoms with Gasteiger partial charge in [0.25, 0.3) is 0 Å². The van der Waals surface area contributed by atoms with Crippen molar-refractivity contribution >= 4 is 39.7 Å². The third kappa shape index (κ3) is 2.87. The first-order valence-electron chi connectivity index (χ1n) is 5.63. The maximum absolute atomic E-state index is 12.1. The van der Waals surface area contributed by atoms with Gasteiger partial charge >= 0.3 is 6.09 Å². The number of carbonyl (C=O) groups excluding carboxylic acids is 1. The fourth-order valence-corrected chi connectivity index (χ4v) is 2.27. The fraction of sp³-hybridized carbons (Fsp3) is 0.308. The largest absolute Gasteiger partial charge is 0.443 e. The SMILES string of the molecule is CC(C)(C)OC(=O)n1cc(I)c2ccc(C#N)nc21. The van der Waals surface area contributed by atoms with Crippen molar-refractivity contribution in [2.75, 3.05) is 0 Å². The average molecular weight is 369 g/mol. The van der Waals surface area contributed by atoms with Crippen molar-refractivity contribution < 1.29 is 9.53 Å². The molecule has 2 rings (SSSR count). The van der Waals surface area contributed by atoms with Crippen LogP contribution in [0.1, 0.15) is 26.5 Å². The van der Waals surface area contributed by atoms with Crippen molar-refractivity contribution in [1.29, 1.82) is 5.26 Å². The first-order valence-corrected chi connectivity index (χ1v) is 6.71. The monoisotopic (exact) mass is 369 g/mol. The standard InChI is InChI=1S/C13H12IN3O2/c1-13(2,3)19-12(18)17-7-10(14)9-5-4-8(6-15)16-11(9)17/h4-5,7H,1-3H3. The van der Waals surface area contributed by atoms with E-state index in [-0.39, 0.29) is 5.69 Å². The Kier molecular flexibility index (Phi) is 3.49. The molecule has 0 radical (unpaired) electrons. The number of nitrogens with zero attached hydrogens (tertiary/aromatic N) is 3. The van der Waals surface area contributed by atoms with E-state index in [1.54, 1.807) is 39.1 Å². The van der Waals surface area contributed by atoms with Gasteiger partial charge in [-0.15, -0.1) is 0 Å². The molecule has 0 saturated heterocycles. The van der Waals surface area contributed by atoms with Crippen molar-refractivity contribution in [3.8, 4) is 6.07 Å². The van der Waals surface area contributed by atoms with Crippen molar-refractivity contribution in [1.82, 2.24) is 9.55 Å². The van der Waals surface area contributed by atoms with Crippen LogP contribution in [0, 0.1) is 14.9 Å². The fourth-order valence-electron chi connectivity index (χ4n) is 1.58. The molecule has 0 atom stereocenters. The highest BCUT2D eigenvalue weighted by Crippen LogP contribution is 2.23. The predicted molar refractivity (Wildman–Crippen MR) is 78.8 cm³/mol. The minimum absolute atomic E-state index is 0.270. The molecule has 2 aromatic rings. The summed E-state index contributed by atoms with van der Waals surface area (Å²) in [6.07, 6.45) is 1.16. The Hall–Kier alpha value is -1.62. The van der Waals surface area contributed by atoms with E-state index in [0.29, 0.717) is 5.65 Å². The second-order valence-electron chi connectivity index (χ2n) is 5.01. The zero-order chi connectivity index (χ0) is 14.2. The van der Waals surface area contributed by atoms with Crippen LogP contribution in [0.2, 0.25) is 0 Å². The number of hydrogen-bond donors (Lipinski definition) is 0. The molecule has 2 aromatic heterocycles. The Bertz CT molecular complexity index is 692. The Morgan fingerprint density at radius 2 is 2.16 bits per heavy atom. The highest BCUT2D eigenvalue weighted by molar-refractivity contribution is 14.1. The van der Waals surface area contributed by atoms with E-state index in [2.05, 4.69) is 27.6 Å². The first-order chi connectivity index (χ1) is 8.81. The van der Waals surface area contributed by atoms with E-state index in [1.165, 1.54) is 4.57 Å². The van der Waals surface area contributed by atoms with Crippen LogP contribution in [0.4, 0.5) is 4.79 Å². The minimum atomic E-state index is -0.577. The van der Waals surface area contributed by atoms with Crippen molar-refractivity contribution in [3.05, 3.63) is 27.6 Å². The first kappa shape index (κ1) is 13.8. The minimum Gasteiger partial charge on any atom is -0.443 e. The van der Waals surface area contributed by atoms with Crippen LogP contribution in [-0.2, 0) is 4.74 Å². The lowest BCUT2D eigenvalue weighted by atomic mass is 10.2. The molecule has 0 fully saturated rings. The van der Waals surface area contributed by atoms with E-state index in [1.807, 2.05) is 6.07 Å². The molecule has 0 amide bonds. The molecule has 98 valence electrons. The second kappa shape index (κ2) is 4.81. The van der Waals surface area contributed by atoms with Gasteiger partial charge < -0.3 is 4.74 Å². The molecule has 19 heavy (non-hydrogen) atoms. The van der Waals surface area contributed by atoms with Gasteiger partial charge in [-0.25, -0.2) is 14.3 Å². The number of hydrogen-bond acceptors (Lipinski definition) is 4. The molecule has 0 aliphatic rings. The lowest BCUT2D eigenvalue weighted by Gasteiger charge is -2.19. The van der Waals surface area contributed by atoms with Gasteiger partial charge in [-0.05, 0) is 55.5 Å². The summed E-state index contributed by atoms with van der Waals surface area (Å²) in [5.41, 5.74) is 0.135. The quantitative estimate of drug-likeness (QED) is 0.669. The van der Waals surface area contributed by atoms with Gasteiger partial charge in [0.05, 0.1) is 0 Å². The molecule has 5 nitrogen and oxygen atoms in total. The summed E-state index contributed by atoms with van der Waals surface area (Å²) in [5.74, 6) is 0. The molecular formula is C13H12IN3O2. The maximum atomic E-state index is 12.1. The number of pyridine rings is 1. The van der Waals surface area contributed by atoms with E-state index in [4.69, 9.17) is 10.00 Å². The molecule has 0 bridgehead atoms. The topological polar surface area (TPSA) is 67.9 Å². The summed E-state index contributed by atoms with van der Waals surface area (Å²) < 4.78 is 7.54. The summed E-state index contributed by atoms with van der Waals surface area (Å²) in [6, 6.07) is 5.37. The predicted octanol–water partition coefficient (Wildman–Crippen LogP) is 3.30. The van der Waals surface area contributed by atoms with E-state index in [0.717, 1.165) is 8.96 Å². The number of rotatable bonds is 0. The van der Waals surface area contributed by atoms with Crippen LogP contribution in [-0.4, -0.2) is 21.2 Å². The van der Waals surface area contributed by atoms with Crippen LogP contribution >= 0.6 is 22.6 Å². The van der Waals surface area contributed by atoms with Gasteiger partial charge in [-0.1, -0.05) is 0 Å². The third-order valence-electron chi connectivity index (χ3n) is 2.31. The summed E-state index contributed by atoms with van der Waals surface area (Å²) in [6.45, 7) is 5.40. The zero-order valence-electron chi connectivity index (χ0n) is 10.8. The van der Waals surface area contributed by atoms with Crippen LogP contribution < -0.4 is 0 Å². The van der Waals surface area contributed by atoms with Crippen molar-refractivity contribution in [3.63, 3.8) is 0 Å². The van der Waals surface area contributed by atoms with Gasteiger partial charge in [0.1, 0.15) is 17.4 Å². The molecule has 0 aliphatic heterocycles. The van der Waals surface area contributed by atoms with E-state index in [9.17, 15) is 4.79 Å². The number of fused-ring (bicyclic) bond motifs is 1. The molecule has 0 spiro atoms. The molecular weight excluding hydrogens is 357 g/mol. The highest BCUT2D eigenvalue weighted by Gasteiger charge is 2.21. The molecule has 0 aromatic carbocycles. The number of ether oxygens (including phenoxy) is 1. The van der Waals surface area contributed by atoms with E-state index >= 15 is 0 Å². The second-order valence-corrected chi connectivity index (χ2v) is 6.17. The summed E-state index contributed by atoms with van der Waals surface area (Å²) in [4.78, 5) is 16.3. The summed E-state index contributed by atoms with van der Waals surface area (Å²) >= 11 is 2.12. The maximum Gasteiger partial charge on any atom is 0.420 e. The number of carbonyl (C=O) groups is 1. The van der Waals surface area contributed by atoms with Gasteiger partial charge in [-0.3, -0.25) is 0 Å². The molecule has 6 heteroatoms. The summed E-state index contributed by atoms with van der Waals surface area (Å²) in [5, 5.41) is 9.70. The lowest BCUT2D eigenvalue weighted by Crippen LogP contribution is -2.26. The average Bonchev–Trinajstić information content (AvgIpc) is 2.64. The molecule has 0 saturated carbocycles. The van der Waals surface area contributed by atoms with Gasteiger partial charge in [-0.2, -0.15) is 5.26 Å². The number of nitriles is 1. The van der Waals surface area contributed by atoms with Crippen LogP contribution in [0.25, 0.3) is 11.0 Å². The van der Waals surface area contributed by atoms with Crippen LogP contribution in [0.15, 0.2) is 18.3 Å². The smallest absolute Gasteiger partial charge is 0.420 e. The Morgan fingerprint density at radius 1 is 1.47 bits per heavy atom. The zero-order valence-corrected chi connectivity index (χ0v) is 12.9. The lowest BCUT2D eigenvalue weighted by molar-refractivity contribution is 0.0543. The van der Waals surface area contributed by atoms with Crippen LogP contribution in [0.3, 0.4) is 0 Å². The van der Waals surface area contributed by atoms with Crippen molar-refractivity contribution in [2.45, 2.75) is 26.4 Å². The Balaban J connectivity index is 2.55. The van der Waals surface area contributed by atoms with E-state index < -0.39 is 11.7 Å². The van der Waals surface area contributed by atoms with Gasteiger partial charge in [0, 0.05) is 15.2 Å². The van der Waals surface area contributed by atoms with Crippen molar-refractivity contribution in [2.24, 2.45) is 0 Å². The molecule has 0 unspecified atom stereocenters. The third-order valence-corrected chi connectivity index (χ3v) is 3.17. The van der Waals surface area contributed by atoms with Gasteiger partial charge in [0.15, 0.2) is 5.65 Å². The van der Waals surface area contributed by atoms with Crippen LogP contribution in [0.5, 0.6) is 0 Å². The molecule has 0 aliphatic carbocycles. The van der Waals surface area contributed by atoms with Gasteiger partial charge in [0.2, 0.25) is 0 Å². The number of aromatic nitrogens is 2. The molecule has 0 N–H and O–H groups in total. The Labute approximate surface area is 124 Å².